The van der Waals surface area contributed by atoms with Crippen LogP contribution < -0.4 is 0 Å². The van der Waals surface area contributed by atoms with Crippen molar-refractivity contribution in [3.05, 3.63) is 35.4 Å². The van der Waals surface area contributed by atoms with Crippen LogP contribution in [0.25, 0.3) is 0 Å². The van der Waals surface area contributed by atoms with Gasteiger partial charge in [0.2, 0.25) is 0 Å². The minimum atomic E-state index is -0.177. The van der Waals surface area contributed by atoms with E-state index in [1.807, 2.05) is 24.3 Å². The Kier molecular flexibility index (Phi) is 3.00. The van der Waals surface area contributed by atoms with E-state index in [9.17, 15) is 5.11 Å². The van der Waals surface area contributed by atoms with Gasteiger partial charge in [0.15, 0.2) is 0 Å². The summed E-state index contributed by atoms with van der Waals surface area (Å²) in [5.74, 6) is 0. The number of benzene rings is 1. The molecule has 1 atom stereocenters. The number of aliphatic hydroxyl groups is 1. The van der Waals surface area contributed by atoms with Crippen LogP contribution in [-0.4, -0.2) is 29.2 Å². The van der Waals surface area contributed by atoms with Crippen molar-refractivity contribution in [2.24, 2.45) is 0 Å². The highest BCUT2D eigenvalue weighted by atomic mass is 16.3. The van der Waals surface area contributed by atoms with Gasteiger partial charge in [0.05, 0.1) is 17.7 Å². The molecule has 1 N–H and O–H groups in total. The molecule has 0 spiro atoms. The summed E-state index contributed by atoms with van der Waals surface area (Å²) in [6.07, 6.45) is 0.682. The second kappa shape index (κ2) is 4.43. The van der Waals surface area contributed by atoms with E-state index in [1.54, 1.807) is 0 Å². The van der Waals surface area contributed by atoms with E-state index in [-0.39, 0.29) is 6.10 Å². The molecule has 0 amide bonds. The molecule has 0 bridgehead atoms. The van der Waals surface area contributed by atoms with Crippen LogP contribution >= 0.6 is 0 Å². The van der Waals surface area contributed by atoms with Crippen LogP contribution in [0, 0.1) is 11.3 Å². The fourth-order valence-corrected chi connectivity index (χ4v) is 1.95. The van der Waals surface area contributed by atoms with Gasteiger partial charge in [-0.2, -0.15) is 5.26 Å². The molecule has 0 aliphatic carbocycles. The lowest BCUT2D eigenvalue weighted by Gasteiger charge is -2.14. The molecule has 3 heteroatoms. The molecule has 0 aromatic heterocycles. The lowest BCUT2D eigenvalue weighted by Crippen LogP contribution is -2.21. The molecule has 2 rings (SSSR count). The molecular weight excluding hydrogens is 188 g/mol. The van der Waals surface area contributed by atoms with Gasteiger partial charge in [-0.05, 0) is 24.1 Å². The molecule has 1 aromatic rings. The Balaban J connectivity index is 2.02. The summed E-state index contributed by atoms with van der Waals surface area (Å²) < 4.78 is 0. The van der Waals surface area contributed by atoms with Crippen LogP contribution in [0.5, 0.6) is 0 Å². The van der Waals surface area contributed by atoms with Gasteiger partial charge in [-0.3, -0.25) is 4.90 Å². The fraction of sp³-hybridized carbons (Fsp3) is 0.417. The molecule has 0 saturated carbocycles. The number of hydrogen-bond donors (Lipinski definition) is 1. The number of rotatable bonds is 2. The summed E-state index contributed by atoms with van der Waals surface area (Å²) in [6, 6.07) is 9.77. The third kappa shape index (κ3) is 2.56. The number of nitriles is 1. The van der Waals surface area contributed by atoms with Gasteiger partial charge in [-0.1, -0.05) is 12.1 Å². The molecular formula is C12H14N2O. The van der Waals surface area contributed by atoms with E-state index < -0.39 is 0 Å². The summed E-state index contributed by atoms with van der Waals surface area (Å²) in [6.45, 7) is 2.52. The SMILES string of the molecule is N#Cc1cccc(CN2CCC(O)C2)c1. The second-order valence-corrected chi connectivity index (χ2v) is 3.99. The van der Waals surface area contributed by atoms with Crippen molar-refractivity contribution in [1.82, 2.24) is 4.90 Å². The van der Waals surface area contributed by atoms with Crippen LogP contribution in [0.3, 0.4) is 0 Å². The monoisotopic (exact) mass is 202 g/mol. The maximum atomic E-state index is 9.38. The minimum Gasteiger partial charge on any atom is -0.392 e. The predicted octanol–water partition coefficient (Wildman–Crippen LogP) is 1.12. The quantitative estimate of drug-likeness (QED) is 0.782. The van der Waals surface area contributed by atoms with E-state index in [0.29, 0.717) is 5.56 Å². The van der Waals surface area contributed by atoms with Crippen molar-refractivity contribution >= 4 is 0 Å². The lowest BCUT2D eigenvalue weighted by atomic mass is 10.1. The van der Waals surface area contributed by atoms with E-state index in [2.05, 4.69) is 11.0 Å². The zero-order valence-electron chi connectivity index (χ0n) is 8.56. The van der Waals surface area contributed by atoms with Crippen molar-refractivity contribution in [3.8, 4) is 6.07 Å². The van der Waals surface area contributed by atoms with E-state index in [0.717, 1.165) is 31.6 Å². The van der Waals surface area contributed by atoms with Gasteiger partial charge in [0, 0.05) is 19.6 Å². The molecule has 1 aromatic carbocycles. The van der Waals surface area contributed by atoms with E-state index >= 15 is 0 Å². The molecule has 78 valence electrons. The van der Waals surface area contributed by atoms with Gasteiger partial charge >= 0.3 is 0 Å². The van der Waals surface area contributed by atoms with Crippen LogP contribution in [0.15, 0.2) is 24.3 Å². The zero-order valence-corrected chi connectivity index (χ0v) is 8.56. The molecule has 1 aliphatic heterocycles. The number of β-amino-alcohol motifs (C(OH)–C–C–N with tert-alkyl or cyclic N) is 1. The Morgan fingerprint density at radius 2 is 2.40 bits per heavy atom. The van der Waals surface area contributed by atoms with Crippen LogP contribution in [-0.2, 0) is 6.54 Å². The molecule has 15 heavy (non-hydrogen) atoms. The summed E-state index contributed by atoms with van der Waals surface area (Å²) in [5.41, 5.74) is 1.84. The Morgan fingerprint density at radius 1 is 1.53 bits per heavy atom. The molecule has 1 unspecified atom stereocenters. The summed E-state index contributed by atoms with van der Waals surface area (Å²) in [4.78, 5) is 2.21. The van der Waals surface area contributed by atoms with Crippen molar-refractivity contribution in [1.29, 1.82) is 5.26 Å². The molecule has 1 saturated heterocycles. The first kappa shape index (κ1) is 10.2. The number of nitrogens with zero attached hydrogens (tertiary/aromatic N) is 2. The minimum absolute atomic E-state index is 0.177. The van der Waals surface area contributed by atoms with Gasteiger partial charge < -0.3 is 5.11 Å². The topological polar surface area (TPSA) is 47.3 Å². The lowest BCUT2D eigenvalue weighted by molar-refractivity contribution is 0.175. The van der Waals surface area contributed by atoms with E-state index in [1.165, 1.54) is 0 Å². The molecule has 1 heterocycles. The number of aliphatic hydroxyl groups excluding tert-OH is 1. The van der Waals surface area contributed by atoms with Gasteiger partial charge in [0.1, 0.15) is 0 Å². The van der Waals surface area contributed by atoms with Crippen molar-refractivity contribution < 1.29 is 5.11 Å². The standard InChI is InChI=1S/C12H14N2O/c13-7-10-2-1-3-11(6-10)8-14-5-4-12(15)9-14/h1-3,6,12,15H,4-5,8-9H2. The molecule has 0 radical (unpaired) electrons. The van der Waals surface area contributed by atoms with Crippen LogP contribution in [0.2, 0.25) is 0 Å². The normalized spacial score (nSPS) is 21.5. The largest absolute Gasteiger partial charge is 0.392 e. The molecule has 3 nitrogen and oxygen atoms in total. The maximum absolute atomic E-state index is 9.38. The van der Waals surface area contributed by atoms with Crippen molar-refractivity contribution in [2.45, 2.75) is 19.1 Å². The average molecular weight is 202 g/mol. The first-order valence-electron chi connectivity index (χ1n) is 5.17. The summed E-state index contributed by atoms with van der Waals surface area (Å²) >= 11 is 0. The van der Waals surface area contributed by atoms with Crippen molar-refractivity contribution in [2.75, 3.05) is 13.1 Å². The number of hydrogen-bond acceptors (Lipinski definition) is 3. The van der Waals surface area contributed by atoms with E-state index in [4.69, 9.17) is 5.26 Å². The second-order valence-electron chi connectivity index (χ2n) is 3.99. The first-order valence-corrected chi connectivity index (χ1v) is 5.17. The highest BCUT2D eigenvalue weighted by molar-refractivity contribution is 5.32. The van der Waals surface area contributed by atoms with Crippen LogP contribution in [0.4, 0.5) is 0 Å². The third-order valence-corrected chi connectivity index (χ3v) is 2.71. The highest BCUT2D eigenvalue weighted by Gasteiger charge is 2.19. The third-order valence-electron chi connectivity index (χ3n) is 2.71. The zero-order chi connectivity index (χ0) is 10.7. The Morgan fingerprint density at radius 3 is 3.07 bits per heavy atom. The first-order chi connectivity index (χ1) is 7.28. The average Bonchev–Trinajstić information content (AvgIpc) is 2.64. The summed E-state index contributed by atoms with van der Waals surface area (Å²) in [5, 5.41) is 18.1. The highest BCUT2D eigenvalue weighted by Crippen LogP contribution is 2.13. The maximum Gasteiger partial charge on any atom is 0.0991 e. The fourth-order valence-electron chi connectivity index (χ4n) is 1.95. The predicted molar refractivity (Wildman–Crippen MR) is 57.1 cm³/mol. The van der Waals surface area contributed by atoms with Gasteiger partial charge in [-0.25, -0.2) is 0 Å². The summed E-state index contributed by atoms with van der Waals surface area (Å²) in [7, 11) is 0. The van der Waals surface area contributed by atoms with Crippen LogP contribution in [0.1, 0.15) is 17.5 Å². The Labute approximate surface area is 89.6 Å². The molecule has 1 fully saturated rings. The molecule has 1 aliphatic rings. The van der Waals surface area contributed by atoms with Gasteiger partial charge in [-0.15, -0.1) is 0 Å². The smallest absolute Gasteiger partial charge is 0.0991 e. The number of likely N-dealkylation sites (tertiary alicyclic amines) is 1. The van der Waals surface area contributed by atoms with Crippen molar-refractivity contribution in [3.63, 3.8) is 0 Å². The Bertz CT molecular complexity index is 383. The van der Waals surface area contributed by atoms with Gasteiger partial charge in [0.25, 0.3) is 0 Å². The Hall–Kier alpha value is -1.37.